The van der Waals surface area contributed by atoms with Gasteiger partial charge in [-0.1, -0.05) is 18.2 Å². The first-order valence-corrected chi connectivity index (χ1v) is 6.94. The molecule has 2 aromatic rings. The first kappa shape index (κ1) is 13.7. The topological polar surface area (TPSA) is 17.1 Å². The molecule has 0 aliphatic heterocycles. The summed E-state index contributed by atoms with van der Waals surface area (Å²) in [7, 11) is 0. The van der Waals surface area contributed by atoms with E-state index in [1.807, 2.05) is 18.4 Å². The molecule has 0 aliphatic rings. The van der Waals surface area contributed by atoms with E-state index in [9.17, 15) is 13.6 Å². The smallest absolute Gasteiger partial charge is 0.167 e. The lowest BCUT2D eigenvalue weighted by Crippen LogP contribution is -2.05. The summed E-state index contributed by atoms with van der Waals surface area (Å²) in [6.45, 7) is 0. The van der Waals surface area contributed by atoms with Crippen LogP contribution in [0.25, 0.3) is 0 Å². The van der Waals surface area contributed by atoms with Gasteiger partial charge in [-0.05, 0) is 30.0 Å². The van der Waals surface area contributed by atoms with E-state index >= 15 is 0 Å². The Morgan fingerprint density at radius 3 is 2.37 bits per heavy atom. The minimum Gasteiger partial charge on any atom is -0.294 e. The number of hydrogen-bond donors (Lipinski definition) is 0. The summed E-state index contributed by atoms with van der Waals surface area (Å²) < 4.78 is 26.2. The van der Waals surface area contributed by atoms with Crippen LogP contribution in [0.3, 0.4) is 0 Å². The van der Waals surface area contributed by atoms with E-state index in [4.69, 9.17) is 0 Å². The Kier molecular flexibility index (Phi) is 4.32. The highest BCUT2D eigenvalue weighted by molar-refractivity contribution is 7.98. The molecule has 0 radical (unpaired) electrons. The zero-order valence-electron chi connectivity index (χ0n) is 10.3. The van der Waals surface area contributed by atoms with Gasteiger partial charge in [0.1, 0.15) is 11.6 Å². The van der Waals surface area contributed by atoms with Gasteiger partial charge in [-0.3, -0.25) is 4.79 Å². The molecule has 0 saturated carbocycles. The van der Waals surface area contributed by atoms with E-state index in [1.165, 1.54) is 6.07 Å². The number of ketones is 1. The van der Waals surface area contributed by atoms with E-state index in [2.05, 4.69) is 0 Å². The van der Waals surface area contributed by atoms with E-state index < -0.39 is 11.6 Å². The highest BCUT2D eigenvalue weighted by Crippen LogP contribution is 2.17. The summed E-state index contributed by atoms with van der Waals surface area (Å²) in [6, 6.07) is 10.4. The van der Waals surface area contributed by atoms with Crippen LogP contribution in [-0.2, 0) is 6.42 Å². The molecule has 0 unspecified atom stereocenters. The Bertz CT molecular complexity index is 594. The molecular formula is C15H12F2OS. The SMILES string of the molecule is CSc1ccc(C(=O)Cc2ccc(F)cc2F)cc1. The van der Waals surface area contributed by atoms with Crippen molar-refractivity contribution >= 4 is 17.5 Å². The van der Waals surface area contributed by atoms with Gasteiger partial charge in [0.2, 0.25) is 0 Å². The van der Waals surface area contributed by atoms with Crippen molar-refractivity contribution in [3.63, 3.8) is 0 Å². The quantitative estimate of drug-likeness (QED) is 0.618. The van der Waals surface area contributed by atoms with Gasteiger partial charge < -0.3 is 0 Å². The Morgan fingerprint density at radius 2 is 1.79 bits per heavy atom. The van der Waals surface area contributed by atoms with Crippen LogP contribution in [-0.4, -0.2) is 12.0 Å². The van der Waals surface area contributed by atoms with Crippen molar-refractivity contribution in [1.82, 2.24) is 0 Å². The summed E-state index contributed by atoms with van der Waals surface area (Å²) >= 11 is 1.58. The van der Waals surface area contributed by atoms with Gasteiger partial charge in [0.05, 0.1) is 0 Å². The first-order chi connectivity index (χ1) is 9.10. The molecule has 2 aromatic carbocycles. The second kappa shape index (κ2) is 5.97. The van der Waals surface area contributed by atoms with Crippen molar-refractivity contribution in [3.05, 3.63) is 65.2 Å². The zero-order valence-corrected chi connectivity index (χ0v) is 11.1. The van der Waals surface area contributed by atoms with Crippen LogP contribution >= 0.6 is 11.8 Å². The third-order valence-electron chi connectivity index (χ3n) is 2.78. The summed E-state index contributed by atoms with van der Waals surface area (Å²) in [5.41, 5.74) is 0.738. The second-order valence-electron chi connectivity index (χ2n) is 4.06. The van der Waals surface area contributed by atoms with Crippen LogP contribution in [0, 0.1) is 11.6 Å². The summed E-state index contributed by atoms with van der Waals surface area (Å²) in [4.78, 5) is 13.0. The van der Waals surface area contributed by atoms with Gasteiger partial charge in [-0.2, -0.15) is 0 Å². The minimum atomic E-state index is -0.686. The molecule has 0 bridgehead atoms. The molecule has 19 heavy (non-hydrogen) atoms. The summed E-state index contributed by atoms with van der Waals surface area (Å²) in [5.74, 6) is -1.51. The molecule has 0 fully saturated rings. The van der Waals surface area contributed by atoms with Crippen molar-refractivity contribution in [2.75, 3.05) is 6.26 Å². The van der Waals surface area contributed by atoms with Crippen LogP contribution in [0.4, 0.5) is 8.78 Å². The second-order valence-corrected chi connectivity index (χ2v) is 4.94. The lowest BCUT2D eigenvalue weighted by Gasteiger charge is -2.04. The third kappa shape index (κ3) is 3.41. The number of hydrogen-bond acceptors (Lipinski definition) is 2. The fourth-order valence-corrected chi connectivity index (χ4v) is 2.13. The largest absolute Gasteiger partial charge is 0.294 e. The van der Waals surface area contributed by atoms with Gasteiger partial charge in [-0.15, -0.1) is 11.8 Å². The lowest BCUT2D eigenvalue weighted by atomic mass is 10.0. The summed E-state index contributed by atoms with van der Waals surface area (Å²) in [5, 5.41) is 0. The van der Waals surface area contributed by atoms with Gasteiger partial charge in [0.15, 0.2) is 5.78 Å². The van der Waals surface area contributed by atoms with Crippen LogP contribution in [0.5, 0.6) is 0 Å². The summed E-state index contributed by atoms with van der Waals surface area (Å²) in [6.07, 6.45) is 1.88. The van der Waals surface area contributed by atoms with E-state index in [1.54, 1.807) is 23.9 Å². The predicted molar refractivity (Wildman–Crippen MR) is 72.6 cm³/mol. The molecule has 0 saturated heterocycles. The number of halogens is 2. The zero-order chi connectivity index (χ0) is 13.8. The van der Waals surface area contributed by atoms with Crippen molar-refractivity contribution in [3.8, 4) is 0 Å². The third-order valence-corrected chi connectivity index (χ3v) is 3.52. The number of benzene rings is 2. The van der Waals surface area contributed by atoms with Crippen molar-refractivity contribution in [2.45, 2.75) is 11.3 Å². The van der Waals surface area contributed by atoms with E-state index in [-0.39, 0.29) is 17.8 Å². The molecule has 0 atom stereocenters. The van der Waals surface area contributed by atoms with Gasteiger partial charge >= 0.3 is 0 Å². The molecule has 0 spiro atoms. The highest BCUT2D eigenvalue weighted by Gasteiger charge is 2.11. The van der Waals surface area contributed by atoms with Crippen molar-refractivity contribution < 1.29 is 13.6 Å². The van der Waals surface area contributed by atoms with Gasteiger partial charge in [0.25, 0.3) is 0 Å². The molecule has 0 aromatic heterocycles. The molecule has 1 nitrogen and oxygen atoms in total. The maximum absolute atomic E-state index is 13.4. The Morgan fingerprint density at radius 1 is 1.11 bits per heavy atom. The van der Waals surface area contributed by atoms with Crippen molar-refractivity contribution in [2.24, 2.45) is 0 Å². The average Bonchev–Trinajstić information content (AvgIpc) is 2.42. The van der Waals surface area contributed by atoms with E-state index in [0.717, 1.165) is 17.0 Å². The number of carbonyl (C=O) groups is 1. The molecule has 0 amide bonds. The maximum atomic E-state index is 13.4. The number of rotatable bonds is 4. The predicted octanol–water partition coefficient (Wildman–Crippen LogP) is 4.11. The Balaban J connectivity index is 2.15. The fourth-order valence-electron chi connectivity index (χ4n) is 1.72. The van der Waals surface area contributed by atoms with Gasteiger partial charge in [-0.25, -0.2) is 8.78 Å². The molecule has 4 heteroatoms. The molecule has 0 heterocycles. The lowest BCUT2D eigenvalue weighted by molar-refractivity contribution is 0.0991. The van der Waals surface area contributed by atoms with Crippen LogP contribution < -0.4 is 0 Å². The van der Waals surface area contributed by atoms with Crippen molar-refractivity contribution in [1.29, 1.82) is 0 Å². The normalized spacial score (nSPS) is 10.5. The van der Waals surface area contributed by atoms with E-state index in [0.29, 0.717) is 5.56 Å². The first-order valence-electron chi connectivity index (χ1n) is 5.71. The Hall–Kier alpha value is -1.68. The molecule has 0 N–H and O–H groups in total. The molecular weight excluding hydrogens is 266 g/mol. The Labute approximate surface area is 114 Å². The number of thioether (sulfide) groups is 1. The number of Topliss-reactive ketones (excluding diaryl/α,β-unsaturated/α-hetero) is 1. The molecule has 2 rings (SSSR count). The van der Waals surface area contributed by atoms with Crippen LogP contribution in [0.1, 0.15) is 15.9 Å². The average molecular weight is 278 g/mol. The highest BCUT2D eigenvalue weighted by atomic mass is 32.2. The maximum Gasteiger partial charge on any atom is 0.167 e. The molecule has 0 aliphatic carbocycles. The molecule has 98 valence electrons. The minimum absolute atomic E-state index is 0.0648. The standard InChI is InChI=1S/C15H12F2OS/c1-19-13-6-3-10(4-7-13)15(18)8-11-2-5-12(16)9-14(11)17/h2-7,9H,8H2,1H3. The van der Waals surface area contributed by atoms with Crippen LogP contribution in [0.15, 0.2) is 47.4 Å². The van der Waals surface area contributed by atoms with Gasteiger partial charge in [0, 0.05) is 22.9 Å². The monoisotopic (exact) mass is 278 g/mol. The number of carbonyl (C=O) groups excluding carboxylic acids is 1. The van der Waals surface area contributed by atoms with Crippen LogP contribution in [0.2, 0.25) is 0 Å². The fraction of sp³-hybridized carbons (Fsp3) is 0.133.